The minimum absolute atomic E-state index is 0.384. The van der Waals surface area contributed by atoms with Crippen LogP contribution in [0.5, 0.6) is 5.75 Å². The minimum atomic E-state index is -0.640. The van der Waals surface area contributed by atoms with Crippen LogP contribution in [0.25, 0.3) is 0 Å². The monoisotopic (exact) mass is 214 g/mol. The molecule has 76 valence electrons. The van der Waals surface area contributed by atoms with Crippen LogP contribution in [0.4, 0.5) is 0 Å². The van der Waals surface area contributed by atoms with E-state index >= 15 is 0 Å². The summed E-state index contributed by atoms with van der Waals surface area (Å²) in [5, 5.41) is 0.558. The van der Waals surface area contributed by atoms with Crippen molar-refractivity contribution >= 4 is 17.5 Å². The third kappa shape index (κ3) is 2.90. The molecule has 0 spiro atoms. The SMILES string of the molecule is CC(Oc1cccc(Cl)c1)C(=O)NN. The van der Waals surface area contributed by atoms with Crippen LogP contribution in [0, 0.1) is 0 Å². The number of rotatable bonds is 3. The average Bonchev–Trinajstić information content (AvgIpc) is 2.16. The summed E-state index contributed by atoms with van der Waals surface area (Å²) in [6.45, 7) is 1.60. The molecule has 1 amide bonds. The van der Waals surface area contributed by atoms with Crippen molar-refractivity contribution in [2.45, 2.75) is 13.0 Å². The van der Waals surface area contributed by atoms with E-state index < -0.39 is 6.10 Å². The highest BCUT2D eigenvalue weighted by atomic mass is 35.5. The molecule has 0 heterocycles. The maximum atomic E-state index is 11.0. The summed E-state index contributed by atoms with van der Waals surface area (Å²) in [4.78, 5) is 11.0. The maximum Gasteiger partial charge on any atom is 0.274 e. The Labute approximate surface area is 87.0 Å². The summed E-state index contributed by atoms with van der Waals surface area (Å²) in [7, 11) is 0. The number of hydrogen-bond acceptors (Lipinski definition) is 3. The van der Waals surface area contributed by atoms with Crippen molar-refractivity contribution in [2.75, 3.05) is 0 Å². The van der Waals surface area contributed by atoms with Gasteiger partial charge in [0.1, 0.15) is 5.75 Å². The quantitative estimate of drug-likeness (QED) is 0.450. The van der Waals surface area contributed by atoms with Crippen LogP contribution < -0.4 is 16.0 Å². The summed E-state index contributed by atoms with van der Waals surface area (Å²) in [5.74, 6) is 5.10. The molecule has 0 aliphatic rings. The first kappa shape index (κ1) is 10.8. The van der Waals surface area contributed by atoms with E-state index in [9.17, 15) is 4.79 Å². The van der Waals surface area contributed by atoms with Gasteiger partial charge in [-0.3, -0.25) is 10.2 Å². The van der Waals surface area contributed by atoms with Gasteiger partial charge in [0.2, 0.25) is 0 Å². The molecule has 1 rings (SSSR count). The largest absolute Gasteiger partial charge is 0.481 e. The Kier molecular flexibility index (Phi) is 3.73. The third-order valence-electron chi connectivity index (χ3n) is 1.62. The first-order chi connectivity index (χ1) is 6.63. The van der Waals surface area contributed by atoms with Crippen LogP contribution in [0.3, 0.4) is 0 Å². The molecule has 0 bridgehead atoms. The smallest absolute Gasteiger partial charge is 0.274 e. The number of ether oxygens (including phenoxy) is 1. The van der Waals surface area contributed by atoms with Crippen molar-refractivity contribution in [3.05, 3.63) is 29.3 Å². The average molecular weight is 215 g/mol. The molecule has 1 aromatic carbocycles. The number of hydrogen-bond donors (Lipinski definition) is 2. The summed E-state index contributed by atoms with van der Waals surface area (Å²) in [5.41, 5.74) is 2.00. The van der Waals surface area contributed by atoms with Gasteiger partial charge >= 0.3 is 0 Å². The number of benzene rings is 1. The van der Waals surface area contributed by atoms with Crippen LogP contribution in [0.2, 0.25) is 5.02 Å². The van der Waals surface area contributed by atoms with E-state index in [1.54, 1.807) is 31.2 Å². The summed E-state index contributed by atoms with van der Waals surface area (Å²) in [6.07, 6.45) is -0.640. The fourth-order valence-electron chi connectivity index (χ4n) is 0.915. The Hall–Kier alpha value is -1.26. The van der Waals surface area contributed by atoms with Crippen molar-refractivity contribution in [2.24, 2.45) is 5.84 Å². The Morgan fingerprint density at radius 1 is 1.64 bits per heavy atom. The molecule has 1 aromatic rings. The lowest BCUT2D eigenvalue weighted by atomic mass is 10.3. The summed E-state index contributed by atoms with van der Waals surface area (Å²) < 4.78 is 5.27. The molecule has 0 fully saturated rings. The predicted molar refractivity (Wildman–Crippen MR) is 53.9 cm³/mol. The number of carbonyl (C=O) groups excluding carboxylic acids is 1. The van der Waals surface area contributed by atoms with Crippen molar-refractivity contribution in [3.8, 4) is 5.75 Å². The normalized spacial score (nSPS) is 11.9. The highest BCUT2D eigenvalue weighted by molar-refractivity contribution is 6.30. The second-order valence-corrected chi connectivity index (χ2v) is 3.16. The van der Waals surface area contributed by atoms with Crippen molar-refractivity contribution in [1.82, 2.24) is 5.43 Å². The van der Waals surface area contributed by atoms with Gasteiger partial charge in [-0.25, -0.2) is 5.84 Å². The molecule has 3 N–H and O–H groups in total. The molecule has 1 atom stereocenters. The zero-order valence-electron chi connectivity index (χ0n) is 7.66. The number of hydrazine groups is 1. The highest BCUT2D eigenvalue weighted by Crippen LogP contribution is 2.18. The zero-order chi connectivity index (χ0) is 10.6. The van der Waals surface area contributed by atoms with Gasteiger partial charge in [-0.2, -0.15) is 0 Å². The fraction of sp³-hybridized carbons (Fsp3) is 0.222. The van der Waals surface area contributed by atoms with Gasteiger partial charge in [0, 0.05) is 5.02 Å². The number of carbonyl (C=O) groups is 1. The topological polar surface area (TPSA) is 64.3 Å². The molecule has 0 aromatic heterocycles. The van der Waals surface area contributed by atoms with E-state index in [-0.39, 0.29) is 5.91 Å². The lowest BCUT2D eigenvalue weighted by Gasteiger charge is -2.12. The van der Waals surface area contributed by atoms with Crippen molar-refractivity contribution in [1.29, 1.82) is 0 Å². The van der Waals surface area contributed by atoms with E-state index in [2.05, 4.69) is 0 Å². The van der Waals surface area contributed by atoms with Gasteiger partial charge in [-0.15, -0.1) is 0 Å². The Morgan fingerprint density at radius 2 is 2.36 bits per heavy atom. The van der Waals surface area contributed by atoms with Crippen LogP contribution in [-0.2, 0) is 4.79 Å². The van der Waals surface area contributed by atoms with Gasteiger partial charge in [0.05, 0.1) is 0 Å². The second kappa shape index (κ2) is 4.83. The lowest BCUT2D eigenvalue weighted by Crippen LogP contribution is -2.40. The minimum Gasteiger partial charge on any atom is -0.481 e. The first-order valence-electron chi connectivity index (χ1n) is 4.06. The van der Waals surface area contributed by atoms with Gasteiger partial charge in [-0.1, -0.05) is 17.7 Å². The van der Waals surface area contributed by atoms with Crippen LogP contribution >= 0.6 is 11.6 Å². The Morgan fingerprint density at radius 3 is 2.93 bits per heavy atom. The van der Waals surface area contributed by atoms with E-state index in [0.29, 0.717) is 10.8 Å². The Balaban J connectivity index is 2.64. The lowest BCUT2D eigenvalue weighted by molar-refractivity contribution is -0.127. The van der Waals surface area contributed by atoms with Gasteiger partial charge in [-0.05, 0) is 25.1 Å². The van der Waals surface area contributed by atoms with E-state index in [1.807, 2.05) is 5.43 Å². The Bertz CT molecular complexity index is 330. The summed E-state index contributed by atoms with van der Waals surface area (Å²) in [6, 6.07) is 6.81. The number of amides is 1. The highest BCUT2D eigenvalue weighted by Gasteiger charge is 2.12. The van der Waals surface area contributed by atoms with Crippen LogP contribution in [-0.4, -0.2) is 12.0 Å². The molecule has 0 aliphatic carbocycles. The molecule has 14 heavy (non-hydrogen) atoms. The zero-order valence-corrected chi connectivity index (χ0v) is 8.41. The van der Waals surface area contributed by atoms with Crippen LogP contribution in [0.1, 0.15) is 6.92 Å². The molecular formula is C9H11ClN2O2. The standard InChI is InChI=1S/C9H11ClN2O2/c1-6(9(13)12-11)14-8-4-2-3-7(10)5-8/h2-6H,11H2,1H3,(H,12,13). The number of nitrogens with one attached hydrogen (secondary N) is 1. The van der Waals surface area contributed by atoms with E-state index in [0.717, 1.165) is 0 Å². The van der Waals surface area contributed by atoms with Gasteiger partial charge < -0.3 is 4.74 Å². The molecule has 0 aliphatic heterocycles. The van der Waals surface area contributed by atoms with Crippen molar-refractivity contribution < 1.29 is 9.53 Å². The third-order valence-corrected chi connectivity index (χ3v) is 1.86. The molecular weight excluding hydrogens is 204 g/mol. The number of halogens is 1. The van der Waals surface area contributed by atoms with E-state index in [1.165, 1.54) is 0 Å². The van der Waals surface area contributed by atoms with Crippen molar-refractivity contribution in [3.63, 3.8) is 0 Å². The molecule has 1 unspecified atom stereocenters. The molecule has 5 heteroatoms. The number of nitrogens with two attached hydrogens (primary N) is 1. The van der Waals surface area contributed by atoms with E-state index in [4.69, 9.17) is 22.2 Å². The molecule has 0 saturated carbocycles. The second-order valence-electron chi connectivity index (χ2n) is 2.73. The first-order valence-corrected chi connectivity index (χ1v) is 4.44. The molecule has 0 radical (unpaired) electrons. The fourth-order valence-corrected chi connectivity index (χ4v) is 1.10. The van der Waals surface area contributed by atoms with Gasteiger partial charge in [0.15, 0.2) is 6.10 Å². The predicted octanol–water partition coefficient (Wildman–Crippen LogP) is 1.10. The van der Waals surface area contributed by atoms with Crippen LogP contribution in [0.15, 0.2) is 24.3 Å². The summed E-state index contributed by atoms with van der Waals surface area (Å²) >= 11 is 5.74. The molecule has 0 saturated heterocycles. The maximum absolute atomic E-state index is 11.0. The molecule has 4 nitrogen and oxygen atoms in total. The van der Waals surface area contributed by atoms with Gasteiger partial charge in [0.25, 0.3) is 5.91 Å².